The number of rotatable bonds is 3. The summed E-state index contributed by atoms with van der Waals surface area (Å²) in [4.78, 5) is 23.4. The summed E-state index contributed by atoms with van der Waals surface area (Å²) in [5.41, 5.74) is 4.53. The Labute approximate surface area is 111 Å². The van der Waals surface area contributed by atoms with E-state index in [1.165, 1.54) is 0 Å². The first-order valence-electron chi connectivity index (χ1n) is 5.64. The number of carbonyl (C=O) groups excluding carboxylic acids is 1. The minimum Gasteiger partial charge on any atom is -0.480 e. The summed E-state index contributed by atoms with van der Waals surface area (Å²) in [5, 5.41) is 12.7. The van der Waals surface area contributed by atoms with E-state index in [1.807, 2.05) is 11.0 Å². The number of halogens is 1. The molecule has 0 aromatic rings. The fourth-order valence-electron chi connectivity index (χ4n) is 2.01. The molecule has 0 radical (unpaired) electrons. The van der Waals surface area contributed by atoms with E-state index in [1.54, 1.807) is 0 Å². The number of nitrogens with one attached hydrogen (secondary N) is 1. The van der Waals surface area contributed by atoms with Gasteiger partial charge < -0.3 is 5.11 Å². The highest BCUT2D eigenvalue weighted by atomic mass is 35.5. The van der Waals surface area contributed by atoms with E-state index < -0.39 is 5.97 Å². The third-order valence-electron chi connectivity index (χ3n) is 2.93. The second-order valence-electron chi connectivity index (χ2n) is 4.20. The third-order valence-corrected chi connectivity index (χ3v) is 2.93. The van der Waals surface area contributed by atoms with Crippen LogP contribution < -0.4 is 5.43 Å². The van der Waals surface area contributed by atoms with Gasteiger partial charge in [-0.1, -0.05) is 6.08 Å². The lowest BCUT2D eigenvalue weighted by atomic mass is 9.99. The number of amides is 1. The van der Waals surface area contributed by atoms with Crippen molar-refractivity contribution >= 4 is 30.0 Å². The Kier molecular flexibility index (Phi) is 5.30. The number of hydrogen-bond donors (Lipinski definition) is 2. The van der Waals surface area contributed by atoms with Crippen molar-refractivity contribution in [2.24, 2.45) is 5.10 Å². The molecule has 1 amide bonds. The Bertz CT molecular complexity index is 406. The summed E-state index contributed by atoms with van der Waals surface area (Å²) in [5.74, 6) is -0.846. The van der Waals surface area contributed by atoms with E-state index in [9.17, 15) is 9.59 Å². The topological polar surface area (TPSA) is 82.0 Å². The van der Waals surface area contributed by atoms with E-state index >= 15 is 0 Å². The maximum absolute atomic E-state index is 11.0. The maximum atomic E-state index is 11.0. The molecule has 0 unspecified atom stereocenters. The fourth-order valence-corrected chi connectivity index (χ4v) is 2.01. The second kappa shape index (κ2) is 6.51. The molecule has 0 atom stereocenters. The zero-order chi connectivity index (χ0) is 12.3. The lowest BCUT2D eigenvalue weighted by molar-refractivity contribution is -0.138. The van der Waals surface area contributed by atoms with E-state index in [0.29, 0.717) is 19.4 Å². The largest absolute Gasteiger partial charge is 0.480 e. The highest BCUT2D eigenvalue weighted by Crippen LogP contribution is 2.16. The Morgan fingerprint density at radius 3 is 2.72 bits per heavy atom. The number of carbonyl (C=O) groups is 2. The first kappa shape index (κ1) is 14.7. The molecule has 0 aliphatic carbocycles. The van der Waals surface area contributed by atoms with Crippen molar-refractivity contribution in [1.82, 2.24) is 10.3 Å². The third kappa shape index (κ3) is 3.82. The Morgan fingerprint density at radius 1 is 1.44 bits per heavy atom. The van der Waals surface area contributed by atoms with Crippen molar-refractivity contribution < 1.29 is 14.7 Å². The van der Waals surface area contributed by atoms with Crippen LogP contribution in [0.4, 0.5) is 0 Å². The van der Waals surface area contributed by atoms with Crippen LogP contribution in [0.3, 0.4) is 0 Å². The van der Waals surface area contributed by atoms with Gasteiger partial charge in [-0.3, -0.25) is 14.5 Å². The van der Waals surface area contributed by atoms with Gasteiger partial charge in [-0.25, -0.2) is 5.43 Å². The standard InChI is InChI=1S/C11H15N3O3.ClH/c15-10-2-1-9(12-13-10)8-3-5-14(6-4-8)7-11(16)17;/h3H,1-2,4-7H2,(H,13,15)(H,16,17);1H. The predicted octanol–water partition coefficient (Wildman–Crippen LogP) is 0.391. The predicted molar refractivity (Wildman–Crippen MR) is 68.8 cm³/mol. The van der Waals surface area contributed by atoms with Crippen molar-refractivity contribution in [3.63, 3.8) is 0 Å². The Morgan fingerprint density at radius 2 is 2.22 bits per heavy atom. The van der Waals surface area contributed by atoms with Crippen molar-refractivity contribution in [2.75, 3.05) is 19.6 Å². The van der Waals surface area contributed by atoms with Crippen molar-refractivity contribution in [3.8, 4) is 0 Å². The molecular formula is C11H16ClN3O3. The van der Waals surface area contributed by atoms with Gasteiger partial charge in [0.25, 0.3) is 0 Å². The summed E-state index contributed by atoms with van der Waals surface area (Å²) in [6.45, 7) is 1.44. The lowest BCUT2D eigenvalue weighted by Gasteiger charge is -2.25. The van der Waals surface area contributed by atoms with Crippen LogP contribution in [0.2, 0.25) is 0 Å². The molecule has 0 fully saturated rings. The molecule has 0 saturated heterocycles. The summed E-state index contributed by atoms with van der Waals surface area (Å²) in [6.07, 6.45) is 3.95. The summed E-state index contributed by atoms with van der Waals surface area (Å²) in [6, 6.07) is 0. The van der Waals surface area contributed by atoms with Crippen LogP contribution in [-0.4, -0.2) is 47.2 Å². The molecule has 100 valence electrons. The highest BCUT2D eigenvalue weighted by molar-refractivity contribution is 6.03. The van der Waals surface area contributed by atoms with Crippen molar-refractivity contribution in [1.29, 1.82) is 0 Å². The number of hydrazone groups is 1. The summed E-state index contributed by atoms with van der Waals surface area (Å²) < 4.78 is 0. The highest BCUT2D eigenvalue weighted by Gasteiger charge is 2.19. The van der Waals surface area contributed by atoms with Gasteiger partial charge in [0, 0.05) is 25.9 Å². The summed E-state index contributed by atoms with van der Waals surface area (Å²) in [7, 11) is 0. The number of carboxylic acids is 1. The van der Waals surface area contributed by atoms with Crippen LogP contribution in [0.1, 0.15) is 19.3 Å². The molecule has 2 aliphatic rings. The van der Waals surface area contributed by atoms with Gasteiger partial charge in [0.15, 0.2) is 0 Å². The second-order valence-corrected chi connectivity index (χ2v) is 4.20. The number of nitrogens with zero attached hydrogens (tertiary/aromatic N) is 2. The monoisotopic (exact) mass is 273 g/mol. The molecule has 2 rings (SSSR count). The molecule has 0 bridgehead atoms. The molecule has 6 nitrogen and oxygen atoms in total. The van der Waals surface area contributed by atoms with Crippen LogP contribution in [0.25, 0.3) is 0 Å². The van der Waals surface area contributed by atoms with Gasteiger partial charge >= 0.3 is 5.97 Å². The van der Waals surface area contributed by atoms with Gasteiger partial charge in [-0.2, -0.15) is 5.10 Å². The number of hydrogen-bond acceptors (Lipinski definition) is 4. The number of carboxylic acid groups (broad SMARTS) is 1. The van der Waals surface area contributed by atoms with Crippen LogP contribution in [0.15, 0.2) is 16.8 Å². The average Bonchev–Trinajstić information content (AvgIpc) is 2.30. The zero-order valence-corrected chi connectivity index (χ0v) is 10.7. The van der Waals surface area contributed by atoms with Crippen LogP contribution in [-0.2, 0) is 9.59 Å². The van der Waals surface area contributed by atoms with Crippen LogP contribution in [0.5, 0.6) is 0 Å². The van der Waals surface area contributed by atoms with E-state index in [-0.39, 0.29) is 24.9 Å². The minimum absolute atomic E-state index is 0. The number of aliphatic carboxylic acids is 1. The normalized spacial score (nSPS) is 20.3. The Balaban J connectivity index is 0.00000162. The molecule has 2 aliphatic heterocycles. The maximum Gasteiger partial charge on any atom is 0.317 e. The molecule has 0 saturated carbocycles. The molecule has 7 heteroatoms. The SMILES string of the molecule is Cl.O=C(O)CN1CC=C(C2=NNC(=O)CC2)CC1. The zero-order valence-electron chi connectivity index (χ0n) is 9.89. The average molecular weight is 274 g/mol. The first-order chi connectivity index (χ1) is 8.15. The van der Waals surface area contributed by atoms with Crippen LogP contribution in [0, 0.1) is 0 Å². The quantitative estimate of drug-likeness (QED) is 0.779. The van der Waals surface area contributed by atoms with Crippen molar-refractivity contribution in [2.45, 2.75) is 19.3 Å². The molecule has 18 heavy (non-hydrogen) atoms. The van der Waals surface area contributed by atoms with E-state index in [0.717, 1.165) is 24.3 Å². The molecule has 2 heterocycles. The fraction of sp³-hybridized carbons (Fsp3) is 0.545. The molecule has 0 aromatic carbocycles. The van der Waals surface area contributed by atoms with Gasteiger partial charge in [-0.05, 0) is 12.0 Å². The Hall–Kier alpha value is -1.40. The molecular weight excluding hydrogens is 258 g/mol. The van der Waals surface area contributed by atoms with Crippen molar-refractivity contribution in [3.05, 3.63) is 11.6 Å². The first-order valence-corrected chi connectivity index (χ1v) is 5.64. The minimum atomic E-state index is -0.802. The van der Waals surface area contributed by atoms with Gasteiger partial charge in [0.05, 0.1) is 12.3 Å². The smallest absolute Gasteiger partial charge is 0.317 e. The van der Waals surface area contributed by atoms with Gasteiger partial charge in [0.1, 0.15) is 0 Å². The van der Waals surface area contributed by atoms with Crippen LogP contribution >= 0.6 is 12.4 Å². The molecule has 0 spiro atoms. The van der Waals surface area contributed by atoms with E-state index in [2.05, 4.69) is 10.5 Å². The van der Waals surface area contributed by atoms with E-state index in [4.69, 9.17) is 5.11 Å². The summed E-state index contributed by atoms with van der Waals surface area (Å²) >= 11 is 0. The molecule has 0 aromatic heterocycles. The lowest BCUT2D eigenvalue weighted by Crippen LogP contribution is -2.35. The molecule has 2 N–H and O–H groups in total. The van der Waals surface area contributed by atoms with Gasteiger partial charge in [0.2, 0.25) is 5.91 Å². The van der Waals surface area contributed by atoms with Gasteiger partial charge in [-0.15, -0.1) is 12.4 Å².